The van der Waals surface area contributed by atoms with Gasteiger partial charge in [-0.3, -0.25) is 4.79 Å². The van der Waals surface area contributed by atoms with E-state index < -0.39 is 0 Å². The van der Waals surface area contributed by atoms with E-state index in [1.54, 1.807) is 6.20 Å². The van der Waals surface area contributed by atoms with Gasteiger partial charge in [0.05, 0.1) is 11.4 Å². The van der Waals surface area contributed by atoms with Gasteiger partial charge in [-0.15, -0.1) is 11.3 Å². The van der Waals surface area contributed by atoms with Gasteiger partial charge in [0.2, 0.25) is 0 Å². The molecule has 0 saturated heterocycles. The van der Waals surface area contributed by atoms with Crippen molar-refractivity contribution in [3.63, 3.8) is 0 Å². The van der Waals surface area contributed by atoms with Gasteiger partial charge in [-0.05, 0) is 30.5 Å². The standard InChI is InChI=1S/C14H15NOS/c1-10-3-4-12(7-11(10)2)8-13(16)9-14-15-5-6-17-14/h3-7H,8-9H2,1-2H3. The highest BCUT2D eigenvalue weighted by atomic mass is 32.1. The zero-order valence-electron chi connectivity index (χ0n) is 10.1. The van der Waals surface area contributed by atoms with E-state index in [0.29, 0.717) is 12.8 Å². The second kappa shape index (κ2) is 5.23. The summed E-state index contributed by atoms with van der Waals surface area (Å²) in [6, 6.07) is 6.19. The van der Waals surface area contributed by atoms with Crippen LogP contribution in [0.25, 0.3) is 0 Å². The lowest BCUT2D eigenvalue weighted by Gasteiger charge is -2.04. The van der Waals surface area contributed by atoms with Crippen molar-refractivity contribution in [1.29, 1.82) is 0 Å². The third-order valence-corrected chi connectivity index (χ3v) is 3.58. The SMILES string of the molecule is Cc1ccc(CC(=O)Cc2nccs2)cc1C. The Morgan fingerprint density at radius 3 is 2.71 bits per heavy atom. The van der Waals surface area contributed by atoms with Gasteiger partial charge in [0.25, 0.3) is 0 Å². The molecule has 0 radical (unpaired) electrons. The van der Waals surface area contributed by atoms with E-state index in [9.17, 15) is 4.79 Å². The number of rotatable bonds is 4. The van der Waals surface area contributed by atoms with E-state index >= 15 is 0 Å². The molecule has 0 aliphatic carbocycles. The summed E-state index contributed by atoms with van der Waals surface area (Å²) < 4.78 is 0. The molecule has 1 heterocycles. The van der Waals surface area contributed by atoms with E-state index in [0.717, 1.165) is 10.6 Å². The highest BCUT2D eigenvalue weighted by Crippen LogP contribution is 2.12. The van der Waals surface area contributed by atoms with Gasteiger partial charge >= 0.3 is 0 Å². The molecule has 0 atom stereocenters. The molecule has 0 bridgehead atoms. The molecule has 0 saturated carbocycles. The van der Waals surface area contributed by atoms with Gasteiger partial charge in [-0.1, -0.05) is 18.2 Å². The minimum Gasteiger partial charge on any atom is -0.299 e. The Kier molecular flexibility index (Phi) is 3.69. The van der Waals surface area contributed by atoms with E-state index in [2.05, 4.69) is 31.0 Å². The van der Waals surface area contributed by atoms with Crippen LogP contribution < -0.4 is 0 Å². The molecule has 0 spiro atoms. The fourth-order valence-corrected chi connectivity index (χ4v) is 2.36. The summed E-state index contributed by atoms with van der Waals surface area (Å²) in [5.74, 6) is 0.225. The number of hydrogen-bond donors (Lipinski definition) is 0. The lowest BCUT2D eigenvalue weighted by atomic mass is 10.0. The molecule has 88 valence electrons. The van der Waals surface area contributed by atoms with Gasteiger partial charge in [0.1, 0.15) is 5.78 Å². The highest BCUT2D eigenvalue weighted by Gasteiger charge is 2.07. The van der Waals surface area contributed by atoms with Crippen molar-refractivity contribution in [2.75, 3.05) is 0 Å². The smallest absolute Gasteiger partial charge is 0.144 e. The maximum atomic E-state index is 11.8. The van der Waals surface area contributed by atoms with E-state index in [4.69, 9.17) is 0 Å². The van der Waals surface area contributed by atoms with E-state index in [-0.39, 0.29) is 5.78 Å². The summed E-state index contributed by atoms with van der Waals surface area (Å²) in [5, 5.41) is 2.80. The van der Waals surface area contributed by atoms with Crippen molar-refractivity contribution in [2.45, 2.75) is 26.7 Å². The van der Waals surface area contributed by atoms with Crippen LogP contribution in [-0.2, 0) is 17.6 Å². The Hall–Kier alpha value is -1.48. The Labute approximate surface area is 105 Å². The average molecular weight is 245 g/mol. The molecule has 0 amide bonds. The first-order chi connectivity index (χ1) is 8.15. The van der Waals surface area contributed by atoms with Gasteiger partial charge in [-0.25, -0.2) is 4.98 Å². The highest BCUT2D eigenvalue weighted by molar-refractivity contribution is 7.09. The fraction of sp³-hybridized carbons (Fsp3) is 0.286. The van der Waals surface area contributed by atoms with Crippen molar-refractivity contribution >= 4 is 17.1 Å². The quantitative estimate of drug-likeness (QED) is 0.828. The number of aryl methyl sites for hydroxylation is 2. The molecular weight excluding hydrogens is 230 g/mol. The molecule has 3 heteroatoms. The topological polar surface area (TPSA) is 30.0 Å². The van der Waals surface area contributed by atoms with Crippen LogP contribution in [0.15, 0.2) is 29.8 Å². The van der Waals surface area contributed by atoms with E-state index in [1.165, 1.54) is 22.5 Å². The predicted molar refractivity (Wildman–Crippen MR) is 70.4 cm³/mol. The first-order valence-corrected chi connectivity index (χ1v) is 6.49. The number of carbonyl (C=O) groups excluding carboxylic acids is 1. The maximum Gasteiger partial charge on any atom is 0.144 e. The van der Waals surface area contributed by atoms with E-state index in [1.807, 2.05) is 11.4 Å². The van der Waals surface area contributed by atoms with Gasteiger partial charge in [0, 0.05) is 18.0 Å². The molecule has 0 unspecified atom stereocenters. The molecule has 2 rings (SSSR count). The van der Waals surface area contributed by atoms with Crippen molar-refractivity contribution < 1.29 is 4.79 Å². The zero-order chi connectivity index (χ0) is 12.3. The van der Waals surface area contributed by atoms with Crippen LogP contribution in [0.4, 0.5) is 0 Å². The van der Waals surface area contributed by atoms with Crippen molar-refractivity contribution in [2.24, 2.45) is 0 Å². The number of thiazole rings is 1. The van der Waals surface area contributed by atoms with Crippen LogP contribution in [0, 0.1) is 13.8 Å². The summed E-state index contributed by atoms with van der Waals surface area (Å²) >= 11 is 1.54. The summed E-state index contributed by atoms with van der Waals surface area (Å²) in [7, 11) is 0. The number of ketones is 1. The second-order valence-corrected chi connectivity index (χ2v) is 5.22. The number of benzene rings is 1. The lowest BCUT2D eigenvalue weighted by Crippen LogP contribution is -2.06. The Bertz CT molecular complexity index is 517. The average Bonchev–Trinajstić information content (AvgIpc) is 2.76. The minimum atomic E-state index is 0.225. The third kappa shape index (κ3) is 3.24. The number of Topliss-reactive ketones (excluding diaryl/α,β-unsaturated/α-hetero) is 1. The van der Waals surface area contributed by atoms with Crippen molar-refractivity contribution in [3.8, 4) is 0 Å². The van der Waals surface area contributed by atoms with Gasteiger partial charge < -0.3 is 0 Å². The maximum absolute atomic E-state index is 11.8. The number of aromatic nitrogens is 1. The molecule has 1 aromatic carbocycles. The minimum absolute atomic E-state index is 0.225. The lowest BCUT2D eigenvalue weighted by molar-refractivity contribution is -0.117. The summed E-state index contributed by atoms with van der Waals surface area (Å²) in [5.41, 5.74) is 3.60. The monoisotopic (exact) mass is 245 g/mol. The molecule has 17 heavy (non-hydrogen) atoms. The summed E-state index contributed by atoms with van der Waals surface area (Å²) in [4.78, 5) is 16.0. The first kappa shape index (κ1) is 12.0. The molecule has 1 aromatic heterocycles. The number of hydrogen-bond acceptors (Lipinski definition) is 3. The summed E-state index contributed by atoms with van der Waals surface area (Å²) in [6.45, 7) is 4.15. The Morgan fingerprint density at radius 2 is 2.06 bits per heavy atom. The van der Waals surface area contributed by atoms with Crippen LogP contribution in [0.2, 0.25) is 0 Å². The molecular formula is C14H15NOS. The first-order valence-electron chi connectivity index (χ1n) is 5.61. The third-order valence-electron chi connectivity index (χ3n) is 2.80. The zero-order valence-corrected chi connectivity index (χ0v) is 10.9. The van der Waals surface area contributed by atoms with Crippen LogP contribution in [0.1, 0.15) is 21.7 Å². The Morgan fingerprint density at radius 1 is 1.24 bits per heavy atom. The number of nitrogens with zero attached hydrogens (tertiary/aromatic N) is 1. The van der Waals surface area contributed by atoms with Crippen LogP contribution >= 0.6 is 11.3 Å². The van der Waals surface area contributed by atoms with Gasteiger partial charge in [0.15, 0.2) is 0 Å². The molecule has 0 aliphatic heterocycles. The summed E-state index contributed by atoms with van der Waals surface area (Å²) in [6.07, 6.45) is 2.69. The molecule has 0 N–H and O–H groups in total. The largest absolute Gasteiger partial charge is 0.299 e. The molecule has 0 aliphatic rings. The molecule has 0 fully saturated rings. The fourth-order valence-electron chi connectivity index (χ4n) is 1.71. The number of carbonyl (C=O) groups is 1. The predicted octanol–water partition coefficient (Wildman–Crippen LogP) is 3.11. The van der Waals surface area contributed by atoms with Crippen LogP contribution in [0.3, 0.4) is 0 Å². The van der Waals surface area contributed by atoms with Crippen LogP contribution in [0.5, 0.6) is 0 Å². The molecule has 2 aromatic rings. The second-order valence-electron chi connectivity index (χ2n) is 4.24. The van der Waals surface area contributed by atoms with Crippen molar-refractivity contribution in [1.82, 2.24) is 4.98 Å². The Balaban J connectivity index is 2.00. The normalized spacial score (nSPS) is 10.5. The van der Waals surface area contributed by atoms with Gasteiger partial charge in [-0.2, -0.15) is 0 Å². The van der Waals surface area contributed by atoms with Crippen LogP contribution in [-0.4, -0.2) is 10.8 Å². The molecule has 2 nitrogen and oxygen atoms in total. The van der Waals surface area contributed by atoms with Crippen molar-refractivity contribution in [3.05, 3.63) is 51.5 Å².